The van der Waals surface area contributed by atoms with Gasteiger partial charge >= 0.3 is 5.97 Å². The Balaban J connectivity index is 2.01. The molecule has 1 unspecified atom stereocenters. The number of rotatable bonds is 5. The number of oxime groups is 1. The fraction of sp³-hybridized carbons (Fsp3) is 0.263. The number of anilines is 1. The Morgan fingerprint density at radius 2 is 2.04 bits per heavy atom. The topological polar surface area (TPSA) is 60.4 Å². The maximum Gasteiger partial charge on any atom is 0.360 e. The van der Waals surface area contributed by atoms with Gasteiger partial charge in [0, 0.05) is 5.02 Å². The second-order valence-corrected chi connectivity index (χ2v) is 6.34. The van der Waals surface area contributed by atoms with Gasteiger partial charge in [0.15, 0.2) is 11.5 Å². The number of carbonyl (C=O) groups excluding carboxylic acids is 1. The van der Waals surface area contributed by atoms with Crippen LogP contribution in [0.25, 0.3) is 0 Å². The first kappa shape index (κ1) is 18.1. The van der Waals surface area contributed by atoms with E-state index in [1.165, 1.54) is 14.2 Å². The maximum atomic E-state index is 12.1. The van der Waals surface area contributed by atoms with Crippen LogP contribution in [0.3, 0.4) is 0 Å². The molecule has 2 aliphatic rings. The van der Waals surface area contributed by atoms with Crippen LogP contribution in [0.4, 0.5) is 5.69 Å². The first-order chi connectivity index (χ1) is 12.5. The van der Waals surface area contributed by atoms with Gasteiger partial charge in [-0.25, -0.2) is 9.86 Å². The Morgan fingerprint density at radius 1 is 1.27 bits per heavy atom. The monoisotopic (exact) mass is 374 g/mol. The summed E-state index contributed by atoms with van der Waals surface area (Å²) in [5.41, 5.74) is 3.29. The van der Waals surface area contributed by atoms with Crippen molar-refractivity contribution in [3.8, 4) is 5.75 Å². The number of hydroxylamine groups is 1. The zero-order chi connectivity index (χ0) is 18.8. The Kier molecular flexibility index (Phi) is 5.04. The van der Waals surface area contributed by atoms with E-state index in [1.807, 2.05) is 50.2 Å². The summed E-state index contributed by atoms with van der Waals surface area (Å²) < 4.78 is 4.80. The van der Waals surface area contributed by atoms with E-state index in [0.29, 0.717) is 16.3 Å². The predicted molar refractivity (Wildman–Crippen MR) is 99.7 cm³/mol. The molecule has 0 aliphatic carbocycles. The molecule has 2 bridgehead atoms. The molecule has 1 atom stereocenters. The van der Waals surface area contributed by atoms with Crippen molar-refractivity contribution < 1.29 is 19.2 Å². The van der Waals surface area contributed by atoms with Crippen LogP contribution in [0.5, 0.6) is 5.75 Å². The van der Waals surface area contributed by atoms with Gasteiger partial charge in [0.1, 0.15) is 7.11 Å². The lowest BCUT2D eigenvalue weighted by Gasteiger charge is -2.36. The van der Waals surface area contributed by atoms with Crippen LogP contribution in [0.1, 0.15) is 29.7 Å². The number of ether oxygens (including phenoxy) is 1. The van der Waals surface area contributed by atoms with Crippen LogP contribution in [-0.4, -0.2) is 25.9 Å². The molecule has 0 saturated heterocycles. The molecule has 0 N–H and O–H groups in total. The van der Waals surface area contributed by atoms with Gasteiger partial charge in [-0.05, 0) is 49.2 Å². The van der Waals surface area contributed by atoms with Crippen molar-refractivity contribution in [3.05, 3.63) is 58.1 Å². The van der Waals surface area contributed by atoms with E-state index in [4.69, 9.17) is 26.0 Å². The summed E-state index contributed by atoms with van der Waals surface area (Å²) >= 11 is 6.10. The first-order valence-electron chi connectivity index (χ1n) is 8.03. The van der Waals surface area contributed by atoms with Crippen molar-refractivity contribution in [2.45, 2.75) is 19.9 Å². The standard InChI is InChI=1S/C19H19ClN2O4/c1-11-8-15-10-16(17(21-25-4)19(23)24-3)18(11)26-22(15)12(2)13-6-5-7-14(20)9-13/h5-10,12H,1-4H3. The molecule has 4 rings (SSSR count). The number of halogens is 1. The summed E-state index contributed by atoms with van der Waals surface area (Å²) in [5.74, 6) is -0.0559. The molecule has 0 radical (unpaired) electrons. The molecule has 136 valence electrons. The molecule has 2 aromatic rings. The lowest BCUT2D eigenvalue weighted by molar-refractivity contribution is -0.132. The van der Waals surface area contributed by atoms with Crippen molar-refractivity contribution in [3.63, 3.8) is 0 Å². The molecule has 7 heteroatoms. The third-order valence-electron chi connectivity index (χ3n) is 4.20. The normalized spacial score (nSPS) is 14.0. The predicted octanol–water partition coefficient (Wildman–Crippen LogP) is 4.05. The number of esters is 1. The second kappa shape index (κ2) is 7.25. The van der Waals surface area contributed by atoms with E-state index in [9.17, 15) is 4.79 Å². The van der Waals surface area contributed by atoms with E-state index >= 15 is 0 Å². The van der Waals surface area contributed by atoms with Crippen LogP contribution in [0.15, 0.2) is 41.6 Å². The number of hydrogen-bond donors (Lipinski definition) is 0. The summed E-state index contributed by atoms with van der Waals surface area (Å²) in [7, 11) is 2.67. The van der Waals surface area contributed by atoms with Crippen molar-refractivity contribution in [1.29, 1.82) is 0 Å². The number of aryl methyl sites for hydroxylation is 1. The molecule has 2 aromatic carbocycles. The second-order valence-electron chi connectivity index (χ2n) is 5.90. The summed E-state index contributed by atoms with van der Waals surface area (Å²) in [4.78, 5) is 22.9. The van der Waals surface area contributed by atoms with Crippen LogP contribution in [-0.2, 0) is 14.4 Å². The Bertz CT molecular complexity index is 882. The number of methoxy groups -OCH3 is 1. The van der Waals surface area contributed by atoms with Gasteiger partial charge in [-0.2, -0.15) is 0 Å². The maximum absolute atomic E-state index is 12.1. The molecule has 26 heavy (non-hydrogen) atoms. The van der Waals surface area contributed by atoms with E-state index in [2.05, 4.69) is 5.16 Å². The van der Waals surface area contributed by atoms with Gasteiger partial charge in [-0.3, -0.25) is 0 Å². The van der Waals surface area contributed by atoms with E-state index in [1.54, 1.807) is 5.06 Å². The van der Waals surface area contributed by atoms with Crippen LogP contribution >= 0.6 is 11.6 Å². The number of nitrogens with zero attached hydrogens (tertiary/aromatic N) is 2. The lowest BCUT2D eigenvalue weighted by Crippen LogP contribution is -2.35. The molecule has 0 fully saturated rings. The Hall–Kier alpha value is -2.73. The third-order valence-corrected chi connectivity index (χ3v) is 4.44. The number of carbonyl (C=O) groups is 1. The SMILES string of the molecule is CON=C(C(=O)OC)c1cc2cc(C)c1ON2C(C)c1cccc(Cl)c1. The van der Waals surface area contributed by atoms with Crippen molar-refractivity contribution in [2.75, 3.05) is 19.3 Å². The van der Waals surface area contributed by atoms with Gasteiger partial charge in [0.25, 0.3) is 0 Å². The van der Waals surface area contributed by atoms with Gasteiger partial charge in [0.2, 0.25) is 0 Å². The molecular weight excluding hydrogens is 356 g/mol. The summed E-state index contributed by atoms with van der Waals surface area (Å²) in [6, 6.07) is 11.4. The van der Waals surface area contributed by atoms with E-state index in [0.717, 1.165) is 16.8 Å². The lowest BCUT2D eigenvalue weighted by atomic mass is 10.0. The number of hydrogen-bond acceptors (Lipinski definition) is 6. The minimum Gasteiger partial charge on any atom is -0.464 e. The highest BCUT2D eigenvalue weighted by Crippen LogP contribution is 2.41. The van der Waals surface area contributed by atoms with Gasteiger partial charge < -0.3 is 14.4 Å². The minimum absolute atomic E-state index is 0.0602. The first-order valence-corrected chi connectivity index (χ1v) is 8.41. The zero-order valence-electron chi connectivity index (χ0n) is 14.9. The summed E-state index contributed by atoms with van der Waals surface area (Å²) in [6.45, 7) is 3.92. The minimum atomic E-state index is -0.593. The average Bonchev–Trinajstić information content (AvgIpc) is 2.64. The summed E-state index contributed by atoms with van der Waals surface area (Å²) in [5, 5.41) is 6.25. The van der Waals surface area contributed by atoms with Crippen molar-refractivity contribution in [1.82, 2.24) is 0 Å². The third kappa shape index (κ3) is 3.20. The number of benzene rings is 2. The fourth-order valence-corrected chi connectivity index (χ4v) is 3.12. The molecule has 2 aliphatic heterocycles. The highest BCUT2D eigenvalue weighted by Gasteiger charge is 2.32. The zero-order valence-corrected chi connectivity index (χ0v) is 15.7. The van der Waals surface area contributed by atoms with Gasteiger partial charge in [-0.15, -0.1) is 0 Å². The van der Waals surface area contributed by atoms with Gasteiger partial charge in [-0.1, -0.05) is 28.9 Å². The highest BCUT2D eigenvalue weighted by molar-refractivity contribution is 6.44. The largest absolute Gasteiger partial charge is 0.464 e. The van der Waals surface area contributed by atoms with Crippen LogP contribution in [0, 0.1) is 6.92 Å². The number of fused-ring (bicyclic) bond motifs is 3. The highest BCUT2D eigenvalue weighted by atomic mass is 35.5. The quantitative estimate of drug-likeness (QED) is 0.449. The molecular formula is C19H19ClN2O4. The molecule has 0 amide bonds. The smallest absolute Gasteiger partial charge is 0.360 e. The fourth-order valence-electron chi connectivity index (χ4n) is 2.92. The van der Waals surface area contributed by atoms with Crippen molar-refractivity contribution in [2.24, 2.45) is 5.16 Å². The molecule has 2 heterocycles. The van der Waals surface area contributed by atoms with Crippen LogP contribution in [0.2, 0.25) is 5.02 Å². The summed E-state index contributed by atoms with van der Waals surface area (Å²) in [6.07, 6.45) is 0. The average molecular weight is 375 g/mol. The van der Waals surface area contributed by atoms with E-state index < -0.39 is 5.97 Å². The molecule has 6 nitrogen and oxygen atoms in total. The van der Waals surface area contributed by atoms with Crippen molar-refractivity contribution >= 4 is 29.0 Å². The molecule has 0 spiro atoms. The van der Waals surface area contributed by atoms with Crippen LogP contribution < -0.4 is 9.90 Å². The van der Waals surface area contributed by atoms with E-state index in [-0.39, 0.29) is 11.8 Å². The Morgan fingerprint density at radius 3 is 2.65 bits per heavy atom. The van der Waals surface area contributed by atoms with Gasteiger partial charge in [0.05, 0.1) is 24.4 Å². The molecule has 0 aromatic heterocycles. The molecule has 0 saturated carbocycles. The Labute approximate surface area is 156 Å².